The number of nitrogens with one attached hydrogen (secondary N) is 1. The molecular weight excluding hydrogens is 246 g/mol. The summed E-state index contributed by atoms with van der Waals surface area (Å²) in [4.78, 5) is 23.0. The Morgan fingerprint density at radius 2 is 1.84 bits per heavy atom. The molecule has 0 spiro atoms. The predicted octanol–water partition coefficient (Wildman–Crippen LogP) is 1.77. The van der Waals surface area contributed by atoms with Crippen LogP contribution in [0.4, 0.5) is 0 Å². The average Bonchev–Trinajstić information content (AvgIpc) is 2.36. The molecule has 0 unspecified atom stereocenters. The third-order valence-electron chi connectivity index (χ3n) is 2.19. The highest BCUT2D eigenvalue weighted by atomic mass is 16.5. The number of carbonyl (C=O) groups excluding carboxylic acids is 2. The van der Waals surface area contributed by atoms with E-state index < -0.39 is 5.97 Å². The van der Waals surface area contributed by atoms with Crippen molar-refractivity contribution < 1.29 is 19.1 Å². The van der Waals surface area contributed by atoms with Gasteiger partial charge in [0.05, 0.1) is 12.7 Å². The van der Waals surface area contributed by atoms with E-state index >= 15 is 0 Å². The van der Waals surface area contributed by atoms with Crippen LogP contribution in [0.25, 0.3) is 0 Å². The first-order chi connectivity index (χ1) is 9.02. The molecule has 5 nitrogen and oxygen atoms in total. The molecule has 0 radical (unpaired) electrons. The molecule has 0 aliphatic heterocycles. The summed E-state index contributed by atoms with van der Waals surface area (Å²) in [6.45, 7) is 5.84. The lowest BCUT2D eigenvalue weighted by Gasteiger charge is -2.09. The maximum Gasteiger partial charge on any atom is 0.325 e. The Kier molecular flexibility index (Phi) is 5.85. The van der Waals surface area contributed by atoms with E-state index in [0.717, 1.165) is 0 Å². The maximum atomic E-state index is 11.7. The van der Waals surface area contributed by atoms with Crippen molar-refractivity contribution in [2.75, 3.05) is 13.2 Å². The van der Waals surface area contributed by atoms with E-state index in [0.29, 0.717) is 17.9 Å². The van der Waals surface area contributed by atoms with E-state index in [9.17, 15) is 9.59 Å². The van der Waals surface area contributed by atoms with Crippen molar-refractivity contribution in [3.63, 3.8) is 0 Å². The zero-order chi connectivity index (χ0) is 14.3. The van der Waals surface area contributed by atoms with Gasteiger partial charge in [-0.1, -0.05) is 0 Å². The van der Waals surface area contributed by atoms with E-state index in [4.69, 9.17) is 9.47 Å². The molecule has 1 rings (SSSR count). The van der Waals surface area contributed by atoms with Gasteiger partial charge in [-0.25, -0.2) is 0 Å². The molecule has 0 saturated carbocycles. The zero-order valence-corrected chi connectivity index (χ0v) is 11.4. The number of amides is 1. The molecule has 0 aromatic heterocycles. The molecule has 0 atom stereocenters. The summed E-state index contributed by atoms with van der Waals surface area (Å²) in [6.07, 6.45) is -0.185. The number of carbonyl (C=O) groups is 2. The lowest BCUT2D eigenvalue weighted by Crippen LogP contribution is -2.31. The summed E-state index contributed by atoms with van der Waals surface area (Å²) >= 11 is 0. The fourth-order valence-corrected chi connectivity index (χ4v) is 1.43. The minimum atomic E-state index is -0.450. The van der Waals surface area contributed by atoms with Crippen molar-refractivity contribution in [3.8, 4) is 5.75 Å². The van der Waals surface area contributed by atoms with E-state index in [1.807, 2.05) is 6.92 Å². The fourth-order valence-electron chi connectivity index (χ4n) is 1.43. The summed E-state index contributed by atoms with van der Waals surface area (Å²) in [6, 6.07) is 6.72. The molecule has 1 N–H and O–H groups in total. The molecule has 1 amide bonds. The van der Waals surface area contributed by atoms with Gasteiger partial charge in [-0.3, -0.25) is 9.59 Å². The third-order valence-corrected chi connectivity index (χ3v) is 2.19. The van der Waals surface area contributed by atoms with E-state index in [1.165, 1.54) is 0 Å². The molecule has 1 aromatic rings. The van der Waals surface area contributed by atoms with Crippen molar-refractivity contribution in [1.29, 1.82) is 0 Å². The van der Waals surface area contributed by atoms with E-state index in [-0.39, 0.29) is 18.6 Å². The highest BCUT2D eigenvalue weighted by molar-refractivity contribution is 5.96. The Morgan fingerprint density at radius 3 is 2.37 bits per heavy atom. The first-order valence-electron chi connectivity index (χ1n) is 6.23. The van der Waals surface area contributed by atoms with Gasteiger partial charge in [-0.15, -0.1) is 0 Å². The highest BCUT2D eigenvalue weighted by Gasteiger charge is 2.09. The number of benzene rings is 1. The van der Waals surface area contributed by atoms with Gasteiger partial charge in [0.2, 0.25) is 0 Å². The topological polar surface area (TPSA) is 64.6 Å². The summed E-state index contributed by atoms with van der Waals surface area (Å²) in [5, 5.41) is 2.50. The quantitative estimate of drug-likeness (QED) is 0.796. The van der Waals surface area contributed by atoms with E-state index in [1.54, 1.807) is 38.1 Å². The van der Waals surface area contributed by atoms with Gasteiger partial charge in [0.1, 0.15) is 12.3 Å². The van der Waals surface area contributed by atoms with Crippen LogP contribution in [0.5, 0.6) is 5.75 Å². The Bertz CT molecular complexity index is 426. The molecule has 0 aliphatic carbocycles. The van der Waals surface area contributed by atoms with Gasteiger partial charge in [0, 0.05) is 5.56 Å². The second kappa shape index (κ2) is 7.41. The Morgan fingerprint density at radius 1 is 1.21 bits per heavy atom. The number of ether oxygens (including phenoxy) is 2. The van der Waals surface area contributed by atoms with Crippen molar-refractivity contribution in [1.82, 2.24) is 5.32 Å². The minimum absolute atomic E-state index is 0.135. The highest BCUT2D eigenvalue weighted by Crippen LogP contribution is 2.11. The SMILES string of the molecule is CCOc1ccc(C(=O)NCC(=O)OC(C)C)cc1. The number of hydrogen-bond acceptors (Lipinski definition) is 4. The largest absolute Gasteiger partial charge is 0.494 e. The minimum Gasteiger partial charge on any atom is -0.494 e. The number of hydrogen-bond donors (Lipinski definition) is 1. The summed E-state index contributed by atoms with van der Waals surface area (Å²) in [7, 11) is 0. The fraction of sp³-hybridized carbons (Fsp3) is 0.429. The van der Waals surface area contributed by atoms with Gasteiger partial charge >= 0.3 is 5.97 Å². The Labute approximate surface area is 112 Å². The second-order valence-electron chi connectivity index (χ2n) is 4.18. The lowest BCUT2D eigenvalue weighted by molar-refractivity contribution is -0.146. The average molecular weight is 265 g/mol. The molecule has 5 heteroatoms. The Balaban J connectivity index is 2.47. The van der Waals surface area contributed by atoms with Crippen molar-refractivity contribution >= 4 is 11.9 Å². The first kappa shape index (κ1) is 15.0. The molecule has 0 fully saturated rings. The third kappa shape index (κ3) is 5.42. The van der Waals surface area contributed by atoms with Crippen LogP contribution < -0.4 is 10.1 Å². The summed E-state index contributed by atoms with van der Waals surface area (Å²) < 4.78 is 10.2. The van der Waals surface area contributed by atoms with Gasteiger partial charge in [-0.2, -0.15) is 0 Å². The lowest BCUT2D eigenvalue weighted by atomic mass is 10.2. The van der Waals surface area contributed by atoms with Crippen LogP contribution in [0.15, 0.2) is 24.3 Å². The summed E-state index contributed by atoms with van der Waals surface area (Å²) in [5.74, 6) is -0.0590. The van der Waals surface area contributed by atoms with Crippen LogP contribution in [0.3, 0.4) is 0 Å². The molecule has 19 heavy (non-hydrogen) atoms. The second-order valence-corrected chi connectivity index (χ2v) is 4.18. The van der Waals surface area contributed by atoms with Crippen molar-refractivity contribution in [3.05, 3.63) is 29.8 Å². The monoisotopic (exact) mass is 265 g/mol. The normalized spacial score (nSPS) is 10.1. The predicted molar refractivity (Wildman–Crippen MR) is 71.2 cm³/mol. The molecule has 0 saturated heterocycles. The molecular formula is C14H19NO4. The molecule has 104 valence electrons. The molecule has 0 bridgehead atoms. The number of esters is 1. The van der Waals surface area contributed by atoms with Crippen LogP contribution in [0.2, 0.25) is 0 Å². The van der Waals surface area contributed by atoms with Crippen LogP contribution in [-0.2, 0) is 9.53 Å². The number of rotatable bonds is 6. The van der Waals surface area contributed by atoms with Gasteiger partial charge in [0.25, 0.3) is 5.91 Å². The van der Waals surface area contributed by atoms with Crippen molar-refractivity contribution in [2.45, 2.75) is 26.9 Å². The standard InChI is InChI=1S/C14H19NO4/c1-4-18-12-7-5-11(6-8-12)14(17)15-9-13(16)19-10(2)3/h5-8,10H,4,9H2,1-3H3,(H,15,17). The molecule has 1 aromatic carbocycles. The van der Waals surface area contributed by atoms with Crippen LogP contribution in [0, 0.1) is 0 Å². The van der Waals surface area contributed by atoms with E-state index in [2.05, 4.69) is 5.32 Å². The molecule has 0 aliphatic rings. The Hall–Kier alpha value is -2.04. The maximum absolute atomic E-state index is 11.7. The zero-order valence-electron chi connectivity index (χ0n) is 11.4. The van der Waals surface area contributed by atoms with Gasteiger partial charge in [-0.05, 0) is 45.0 Å². The van der Waals surface area contributed by atoms with Crippen LogP contribution in [-0.4, -0.2) is 31.1 Å². The van der Waals surface area contributed by atoms with Gasteiger partial charge in [0.15, 0.2) is 0 Å². The van der Waals surface area contributed by atoms with Gasteiger partial charge < -0.3 is 14.8 Å². The van der Waals surface area contributed by atoms with Crippen molar-refractivity contribution in [2.24, 2.45) is 0 Å². The van der Waals surface area contributed by atoms with Crippen LogP contribution in [0.1, 0.15) is 31.1 Å². The first-order valence-corrected chi connectivity index (χ1v) is 6.23. The summed E-state index contributed by atoms with van der Waals surface area (Å²) in [5.41, 5.74) is 0.473. The molecule has 0 heterocycles. The van der Waals surface area contributed by atoms with Crippen LogP contribution >= 0.6 is 0 Å². The smallest absolute Gasteiger partial charge is 0.325 e.